The minimum Gasteiger partial charge on any atom is -0.380 e. The quantitative estimate of drug-likeness (QED) is 0.269. The summed E-state index contributed by atoms with van der Waals surface area (Å²) in [4.78, 5) is 11.7. The summed E-state index contributed by atoms with van der Waals surface area (Å²) in [5.74, 6) is 0.927. The fourth-order valence-electron chi connectivity index (χ4n) is 5.58. The summed E-state index contributed by atoms with van der Waals surface area (Å²) >= 11 is 6.45. The molecule has 0 radical (unpaired) electrons. The molecular formula is C29H37ClN5O2P. The number of halogens is 1. The highest BCUT2D eigenvalue weighted by molar-refractivity contribution is 7.70. The Hall–Kier alpha value is -2.44. The summed E-state index contributed by atoms with van der Waals surface area (Å²) < 4.78 is 18.5. The van der Waals surface area contributed by atoms with Gasteiger partial charge in [0.15, 0.2) is 5.82 Å². The van der Waals surface area contributed by atoms with E-state index in [0.29, 0.717) is 28.9 Å². The molecule has 0 saturated carbocycles. The zero-order valence-electron chi connectivity index (χ0n) is 22.6. The number of likely N-dealkylation sites (tertiary alicyclic amines) is 1. The summed E-state index contributed by atoms with van der Waals surface area (Å²) in [6.45, 7) is 7.71. The summed E-state index contributed by atoms with van der Waals surface area (Å²) in [6, 6.07) is 13.0. The van der Waals surface area contributed by atoms with Crippen molar-refractivity contribution >= 4 is 47.2 Å². The van der Waals surface area contributed by atoms with E-state index in [1.807, 2.05) is 32.2 Å². The number of nitrogens with one attached hydrogen (secondary N) is 2. The van der Waals surface area contributed by atoms with Gasteiger partial charge in [-0.15, -0.1) is 0 Å². The zero-order chi connectivity index (χ0) is 26.9. The number of benzene rings is 2. The van der Waals surface area contributed by atoms with E-state index in [2.05, 4.69) is 43.7 Å². The third kappa shape index (κ3) is 6.23. The molecule has 1 aromatic heterocycles. The third-order valence-electron chi connectivity index (χ3n) is 7.71. The van der Waals surface area contributed by atoms with E-state index in [1.54, 1.807) is 19.5 Å². The Morgan fingerprint density at radius 2 is 1.84 bits per heavy atom. The molecule has 2 N–H and O–H groups in total. The first-order chi connectivity index (χ1) is 18.2. The highest BCUT2D eigenvalue weighted by Crippen LogP contribution is 2.39. The summed E-state index contributed by atoms with van der Waals surface area (Å²) in [6.07, 6.45) is 7.60. The monoisotopic (exact) mass is 553 g/mol. The number of ether oxygens (including phenoxy) is 1. The van der Waals surface area contributed by atoms with Crippen LogP contribution in [0.25, 0.3) is 0 Å². The van der Waals surface area contributed by atoms with Crippen LogP contribution >= 0.6 is 18.7 Å². The van der Waals surface area contributed by atoms with Gasteiger partial charge in [-0.2, -0.15) is 4.98 Å². The Balaban J connectivity index is 1.30. The molecule has 0 spiro atoms. The van der Waals surface area contributed by atoms with Crippen LogP contribution in [0.4, 0.5) is 23.1 Å². The highest BCUT2D eigenvalue weighted by atomic mass is 35.5. The molecule has 1 saturated heterocycles. The van der Waals surface area contributed by atoms with Crippen molar-refractivity contribution in [1.29, 1.82) is 0 Å². The van der Waals surface area contributed by atoms with E-state index in [4.69, 9.17) is 16.3 Å². The minimum atomic E-state index is -2.51. The van der Waals surface area contributed by atoms with Crippen molar-refractivity contribution in [3.63, 3.8) is 0 Å². The Morgan fingerprint density at radius 3 is 2.58 bits per heavy atom. The summed E-state index contributed by atoms with van der Waals surface area (Å²) in [5, 5.41) is 7.82. The van der Waals surface area contributed by atoms with Crippen LogP contribution in [-0.2, 0) is 22.1 Å². The molecule has 0 unspecified atom stereocenters. The molecule has 1 aliphatic heterocycles. The molecule has 7 nitrogen and oxygen atoms in total. The van der Waals surface area contributed by atoms with Gasteiger partial charge in [0.2, 0.25) is 5.95 Å². The number of fused-ring (bicyclic) bond motifs is 1. The predicted octanol–water partition coefficient (Wildman–Crippen LogP) is 6.14. The second-order valence-corrected chi connectivity index (χ2v) is 14.5. The first kappa shape index (κ1) is 27.1. The van der Waals surface area contributed by atoms with E-state index in [0.717, 1.165) is 61.0 Å². The molecule has 5 rings (SSSR count). The maximum atomic E-state index is 12.9. The first-order valence-corrected chi connectivity index (χ1v) is 16.3. The molecule has 0 bridgehead atoms. The van der Waals surface area contributed by atoms with Gasteiger partial charge in [0.1, 0.15) is 12.2 Å². The molecule has 9 heteroatoms. The van der Waals surface area contributed by atoms with Crippen molar-refractivity contribution in [2.75, 3.05) is 44.2 Å². The SMILES string of the molecule is CO[C@@H]1CCN([C@H]2CCc3ccc(Nc4ncc(Cl)c(Nc5ccc(C)cc5P(C)(C)=O)n4)cc3CC2)C1. The Labute approximate surface area is 230 Å². The van der Waals surface area contributed by atoms with Crippen molar-refractivity contribution < 1.29 is 9.30 Å². The van der Waals surface area contributed by atoms with Gasteiger partial charge in [0.25, 0.3) is 0 Å². The molecule has 38 heavy (non-hydrogen) atoms. The average Bonchev–Trinajstić information content (AvgIpc) is 3.27. The van der Waals surface area contributed by atoms with Crippen LogP contribution in [0.15, 0.2) is 42.6 Å². The number of nitrogens with zero attached hydrogens (tertiary/aromatic N) is 3. The topological polar surface area (TPSA) is 79.4 Å². The standard InChI is InChI=1S/C29H37ClN5O2P/c1-19-5-12-26(27(15-19)38(3,4)36)33-28-25(30)17-31-29(34-28)32-22-9-6-20-7-10-23(11-8-21(20)16-22)35-14-13-24(18-35)37-2/h5-6,9,12,15-17,23-24H,7-8,10-11,13-14,18H2,1-4H3,(H2,31,32,33,34)/t23-,24+/m0/s1. The Bertz CT molecular complexity index is 1360. The second kappa shape index (κ2) is 11.4. The number of aryl methyl sites for hydroxylation is 3. The molecule has 202 valence electrons. The van der Waals surface area contributed by atoms with Gasteiger partial charge < -0.3 is 19.9 Å². The fourth-order valence-corrected chi connectivity index (χ4v) is 6.94. The zero-order valence-corrected chi connectivity index (χ0v) is 24.3. The molecule has 1 fully saturated rings. The van der Waals surface area contributed by atoms with Gasteiger partial charge in [0, 0.05) is 37.2 Å². The first-order valence-electron chi connectivity index (χ1n) is 13.3. The lowest BCUT2D eigenvalue weighted by Gasteiger charge is -2.26. The van der Waals surface area contributed by atoms with Gasteiger partial charge in [-0.05, 0) is 87.7 Å². The number of aromatic nitrogens is 2. The van der Waals surface area contributed by atoms with Crippen LogP contribution in [0.1, 0.15) is 36.0 Å². The molecule has 0 amide bonds. The lowest BCUT2D eigenvalue weighted by Crippen LogP contribution is -2.34. The van der Waals surface area contributed by atoms with Crippen molar-refractivity contribution in [2.45, 2.75) is 51.2 Å². The van der Waals surface area contributed by atoms with E-state index in [1.165, 1.54) is 17.5 Å². The minimum absolute atomic E-state index is 0.376. The lowest BCUT2D eigenvalue weighted by molar-refractivity contribution is 0.0989. The second-order valence-electron chi connectivity index (χ2n) is 10.9. The summed E-state index contributed by atoms with van der Waals surface area (Å²) in [7, 11) is -0.684. The molecule has 2 atom stereocenters. The van der Waals surface area contributed by atoms with E-state index >= 15 is 0 Å². The maximum absolute atomic E-state index is 12.9. The largest absolute Gasteiger partial charge is 0.380 e. The van der Waals surface area contributed by atoms with Crippen LogP contribution in [0.2, 0.25) is 5.02 Å². The van der Waals surface area contributed by atoms with Crippen molar-refractivity contribution in [1.82, 2.24) is 14.9 Å². The van der Waals surface area contributed by atoms with Crippen molar-refractivity contribution in [2.24, 2.45) is 0 Å². The van der Waals surface area contributed by atoms with Crippen LogP contribution in [0.5, 0.6) is 0 Å². The van der Waals surface area contributed by atoms with Gasteiger partial charge in [-0.3, -0.25) is 4.90 Å². The number of rotatable bonds is 7. The van der Waals surface area contributed by atoms with E-state index in [9.17, 15) is 4.57 Å². The van der Waals surface area contributed by atoms with Crippen LogP contribution < -0.4 is 15.9 Å². The Kier molecular flexibility index (Phi) is 8.11. The predicted molar refractivity (Wildman–Crippen MR) is 158 cm³/mol. The summed E-state index contributed by atoms with van der Waals surface area (Å²) in [5.41, 5.74) is 5.57. The fraction of sp³-hybridized carbons (Fsp3) is 0.448. The van der Waals surface area contributed by atoms with Crippen LogP contribution in [0.3, 0.4) is 0 Å². The van der Waals surface area contributed by atoms with Gasteiger partial charge in [0.05, 0.1) is 18.0 Å². The van der Waals surface area contributed by atoms with Crippen LogP contribution in [0, 0.1) is 6.92 Å². The van der Waals surface area contributed by atoms with Gasteiger partial charge >= 0.3 is 0 Å². The van der Waals surface area contributed by atoms with Crippen LogP contribution in [-0.4, -0.2) is 60.5 Å². The molecule has 1 aliphatic carbocycles. The van der Waals surface area contributed by atoms with Gasteiger partial charge in [-0.25, -0.2) is 4.98 Å². The molecule has 2 aliphatic rings. The number of hydrogen-bond donors (Lipinski definition) is 2. The van der Waals surface area contributed by atoms with E-state index in [-0.39, 0.29) is 0 Å². The lowest BCUT2D eigenvalue weighted by atomic mass is 10.0. The number of hydrogen-bond acceptors (Lipinski definition) is 7. The number of methoxy groups -OCH3 is 1. The highest BCUT2D eigenvalue weighted by Gasteiger charge is 2.29. The Morgan fingerprint density at radius 1 is 1.05 bits per heavy atom. The average molecular weight is 554 g/mol. The van der Waals surface area contributed by atoms with E-state index < -0.39 is 7.14 Å². The van der Waals surface area contributed by atoms with Crippen molar-refractivity contribution in [3.8, 4) is 0 Å². The molecule has 2 aromatic carbocycles. The van der Waals surface area contributed by atoms with Gasteiger partial charge in [-0.1, -0.05) is 29.3 Å². The molecule has 3 aromatic rings. The molecular weight excluding hydrogens is 517 g/mol. The smallest absolute Gasteiger partial charge is 0.229 e. The number of anilines is 4. The normalized spacial score (nSPS) is 20.1. The molecule has 2 heterocycles. The maximum Gasteiger partial charge on any atom is 0.229 e. The third-order valence-corrected chi connectivity index (χ3v) is 9.52. The van der Waals surface area contributed by atoms with Crippen molar-refractivity contribution in [3.05, 3.63) is 64.3 Å².